The Morgan fingerprint density at radius 2 is 2.18 bits per heavy atom. The standard InChI is InChI=1S/C12H22N2O3/c1-2-3-6-9(13)11(15)14-8-5-4-7-10(14)12(16)17/h9-10H,2-8,13H2,1H3,(H,16,17)/t9?,10-/m0/s1. The lowest BCUT2D eigenvalue weighted by Crippen LogP contribution is -2.53. The summed E-state index contributed by atoms with van der Waals surface area (Å²) < 4.78 is 0. The molecule has 1 fully saturated rings. The van der Waals surface area contributed by atoms with Gasteiger partial charge in [0.05, 0.1) is 6.04 Å². The second kappa shape index (κ2) is 6.59. The molecule has 1 amide bonds. The summed E-state index contributed by atoms with van der Waals surface area (Å²) in [6.07, 6.45) is 4.81. The third-order valence-corrected chi connectivity index (χ3v) is 3.26. The Labute approximate surface area is 102 Å². The van der Waals surface area contributed by atoms with Crippen molar-refractivity contribution in [2.45, 2.75) is 57.5 Å². The molecule has 1 rings (SSSR count). The zero-order chi connectivity index (χ0) is 12.8. The first-order chi connectivity index (χ1) is 8.07. The molecule has 1 unspecified atom stereocenters. The molecule has 0 aromatic heterocycles. The molecule has 1 saturated heterocycles. The van der Waals surface area contributed by atoms with Gasteiger partial charge in [-0.3, -0.25) is 4.79 Å². The second-order valence-electron chi connectivity index (χ2n) is 4.63. The molecule has 0 radical (unpaired) electrons. The van der Waals surface area contributed by atoms with Crippen LogP contribution in [0.3, 0.4) is 0 Å². The van der Waals surface area contributed by atoms with E-state index in [9.17, 15) is 9.59 Å². The van der Waals surface area contributed by atoms with Crippen LogP contribution >= 0.6 is 0 Å². The fourth-order valence-corrected chi connectivity index (χ4v) is 2.21. The highest BCUT2D eigenvalue weighted by atomic mass is 16.4. The number of carboxylic acids is 1. The molecule has 0 aromatic rings. The minimum atomic E-state index is -0.916. The predicted octanol–water partition coefficient (Wildman–Crippen LogP) is 0.970. The van der Waals surface area contributed by atoms with E-state index >= 15 is 0 Å². The molecule has 0 aliphatic carbocycles. The highest BCUT2D eigenvalue weighted by molar-refractivity contribution is 5.87. The molecule has 98 valence electrons. The Balaban J connectivity index is 2.61. The van der Waals surface area contributed by atoms with E-state index in [1.54, 1.807) is 0 Å². The first-order valence-corrected chi connectivity index (χ1v) is 6.36. The lowest BCUT2D eigenvalue weighted by molar-refractivity contribution is -0.152. The van der Waals surface area contributed by atoms with E-state index in [0.717, 1.165) is 25.7 Å². The maximum Gasteiger partial charge on any atom is 0.326 e. The van der Waals surface area contributed by atoms with E-state index in [4.69, 9.17) is 10.8 Å². The van der Waals surface area contributed by atoms with Gasteiger partial charge < -0.3 is 15.7 Å². The number of carbonyl (C=O) groups is 2. The summed E-state index contributed by atoms with van der Waals surface area (Å²) in [5.41, 5.74) is 5.81. The van der Waals surface area contributed by atoms with Gasteiger partial charge in [-0.15, -0.1) is 0 Å². The van der Waals surface area contributed by atoms with Crippen molar-refractivity contribution in [1.29, 1.82) is 0 Å². The normalized spacial score (nSPS) is 22.2. The first kappa shape index (κ1) is 14.0. The number of amides is 1. The topological polar surface area (TPSA) is 83.6 Å². The van der Waals surface area contributed by atoms with Gasteiger partial charge >= 0.3 is 5.97 Å². The largest absolute Gasteiger partial charge is 0.480 e. The number of nitrogens with two attached hydrogens (primary N) is 1. The summed E-state index contributed by atoms with van der Waals surface area (Å²) in [7, 11) is 0. The molecule has 3 N–H and O–H groups in total. The van der Waals surface area contributed by atoms with Gasteiger partial charge in [0.2, 0.25) is 5.91 Å². The molecule has 5 nitrogen and oxygen atoms in total. The van der Waals surface area contributed by atoms with Gasteiger partial charge in [0.25, 0.3) is 0 Å². The zero-order valence-electron chi connectivity index (χ0n) is 10.4. The highest BCUT2D eigenvalue weighted by Gasteiger charge is 2.33. The Hall–Kier alpha value is -1.10. The van der Waals surface area contributed by atoms with Crippen molar-refractivity contribution in [2.24, 2.45) is 5.73 Å². The molecule has 0 aromatic carbocycles. The molecule has 0 bridgehead atoms. The average Bonchev–Trinajstić information content (AvgIpc) is 2.34. The summed E-state index contributed by atoms with van der Waals surface area (Å²) in [6.45, 7) is 2.56. The number of hydrogen-bond acceptors (Lipinski definition) is 3. The van der Waals surface area contributed by atoms with Crippen LogP contribution in [0.15, 0.2) is 0 Å². The second-order valence-corrected chi connectivity index (χ2v) is 4.63. The summed E-state index contributed by atoms with van der Waals surface area (Å²) in [5, 5.41) is 9.08. The maximum atomic E-state index is 12.1. The van der Waals surface area contributed by atoms with Gasteiger partial charge in [-0.25, -0.2) is 4.79 Å². The summed E-state index contributed by atoms with van der Waals surface area (Å²) in [6, 6.07) is -1.22. The highest BCUT2D eigenvalue weighted by Crippen LogP contribution is 2.18. The van der Waals surface area contributed by atoms with E-state index < -0.39 is 18.1 Å². The Morgan fingerprint density at radius 1 is 1.47 bits per heavy atom. The number of unbranched alkanes of at least 4 members (excludes halogenated alkanes) is 1. The summed E-state index contributed by atoms with van der Waals surface area (Å²) in [4.78, 5) is 24.6. The van der Waals surface area contributed by atoms with E-state index in [0.29, 0.717) is 19.4 Å². The minimum absolute atomic E-state index is 0.203. The van der Waals surface area contributed by atoms with Crippen LogP contribution < -0.4 is 5.73 Å². The number of hydrogen-bond donors (Lipinski definition) is 2. The Bertz CT molecular complexity index is 281. The van der Waals surface area contributed by atoms with Gasteiger partial charge in [-0.1, -0.05) is 19.8 Å². The quantitative estimate of drug-likeness (QED) is 0.752. The lowest BCUT2D eigenvalue weighted by atomic mass is 10.00. The number of piperidine rings is 1. The summed E-state index contributed by atoms with van der Waals surface area (Å²) in [5.74, 6) is -1.12. The van der Waals surface area contributed by atoms with Crippen LogP contribution in [0, 0.1) is 0 Å². The third kappa shape index (κ3) is 3.70. The maximum absolute atomic E-state index is 12.1. The smallest absolute Gasteiger partial charge is 0.326 e. The van der Waals surface area contributed by atoms with Crippen molar-refractivity contribution in [3.8, 4) is 0 Å². The number of aliphatic carboxylic acids is 1. The van der Waals surface area contributed by atoms with Gasteiger partial charge in [0.15, 0.2) is 0 Å². The molecule has 1 heterocycles. The predicted molar refractivity (Wildman–Crippen MR) is 64.5 cm³/mol. The van der Waals surface area contributed by atoms with E-state index in [2.05, 4.69) is 0 Å². The number of rotatable bonds is 5. The number of carbonyl (C=O) groups excluding carboxylic acids is 1. The van der Waals surface area contributed by atoms with Crippen molar-refractivity contribution in [2.75, 3.05) is 6.54 Å². The summed E-state index contributed by atoms with van der Waals surface area (Å²) >= 11 is 0. The number of nitrogens with zero attached hydrogens (tertiary/aromatic N) is 1. The molecule has 17 heavy (non-hydrogen) atoms. The van der Waals surface area contributed by atoms with Gasteiger partial charge in [0.1, 0.15) is 6.04 Å². The molecule has 1 aliphatic heterocycles. The lowest BCUT2D eigenvalue weighted by Gasteiger charge is -2.34. The first-order valence-electron chi connectivity index (χ1n) is 6.36. The van der Waals surface area contributed by atoms with E-state index in [-0.39, 0.29) is 5.91 Å². The SMILES string of the molecule is CCCCC(N)C(=O)N1CCCC[C@H]1C(=O)O. The van der Waals surface area contributed by atoms with Crippen molar-refractivity contribution in [3.05, 3.63) is 0 Å². The average molecular weight is 242 g/mol. The molecule has 5 heteroatoms. The Morgan fingerprint density at radius 3 is 2.76 bits per heavy atom. The van der Waals surface area contributed by atoms with Crippen molar-refractivity contribution in [3.63, 3.8) is 0 Å². The molecule has 0 saturated carbocycles. The van der Waals surface area contributed by atoms with Crippen LogP contribution in [-0.4, -0.2) is 40.5 Å². The molecule has 0 spiro atoms. The molecule has 1 aliphatic rings. The monoisotopic (exact) mass is 242 g/mol. The van der Waals surface area contributed by atoms with E-state index in [1.165, 1.54) is 4.90 Å². The Kier molecular flexibility index (Phi) is 5.41. The van der Waals surface area contributed by atoms with Gasteiger partial charge in [-0.2, -0.15) is 0 Å². The van der Waals surface area contributed by atoms with Crippen molar-refractivity contribution < 1.29 is 14.7 Å². The van der Waals surface area contributed by atoms with Crippen LogP contribution in [-0.2, 0) is 9.59 Å². The van der Waals surface area contributed by atoms with Crippen LogP contribution in [0.1, 0.15) is 45.4 Å². The van der Waals surface area contributed by atoms with Crippen LogP contribution in [0.4, 0.5) is 0 Å². The van der Waals surface area contributed by atoms with Gasteiger partial charge in [0, 0.05) is 6.54 Å². The van der Waals surface area contributed by atoms with Crippen LogP contribution in [0.2, 0.25) is 0 Å². The van der Waals surface area contributed by atoms with Gasteiger partial charge in [-0.05, 0) is 25.7 Å². The van der Waals surface area contributed by atoms with Crippen LogP contribution in [0.5, 0.6) is 0 Å². The fourth-order valence-electron chi connectivity index (χ4n) is 2.21. The zero-order valence-corrected chi connectivity index (χ0v) is 10.4. The minimum Gasteiger partial charge on any atom is -0.480 e. The van der Waals surface area contributed by atoms with Crippen LogP contribution in [0.25, 0.3) is 0 Å². The molecule has 2 atom stereocenters. The number of carboxylic acid groups (broad SMARTS) is 1. The fraction of sp³-hybridized carbons (Fsp3) is 0.833. The van der Waals surface area contributed by atoms with Crippen molar-refractivity contribution >= 4 is 11.9 Å². The third-order valence-electron chi connectivity index (χ3n) is 3.26. The van der Waals surface area contributed by atoms with Crippen molar-refractivity contribution in [1.82, 2.24) is 4.90 Å². The molecular weight excluding hydrogens is 220 g/mol. The van der Waals surface area contributed by atoms with E-state index in [1.807, 2.05) is 6.92 Å². The molecular formula is C12H22N2O3. The number of likely N-dealkylation sites (tertiary alicyclic amines) is 1.